The summed E-state index contributed by atoms with van der Waals surface area (Å²) < 4.78 is 5.19. The number of rotatable bonds is 2. The SMILES string of the molecule is O[B]Oc1ccc2c3c(cccc13)-c1ccccc1-2. The number of fused-ring (bicyclic) bond motifs is 3. The van der Waals surface area contributed by atoms with E-state index in [9.17, 15) is 0 Å². The lowest BCUT2D eigenvalue weighted by Gasteiger charge is -2.08. The van der Waals surface area contributed by atoms with Gasteiger partial charge < -0.3 is 9.68 Å². The zero-order valence-electron chi connectivity index (χ0n) is 10.1. The standard InChI is InChI=1S/C16H10BO2/c18-17-19-15-9-8-13-11-5-2-1-4-10(11)12-6-3-7-14(15)16(12)13/h1-9,18H. The maximum absolute atomic E-state index is 8.86. The third kappa shape index (κ3) is 1.36. The van der Waals surface area contributed by atoms with Crippen molar-refractivity contribution in [2.75, 3.05) is 0 Å². The summed E-state index contributed by atoms with van der Waals surface area (Å²) in [5.74, 6) is 0.677. The maximum atomic E-state index is 8.86. The number of benzene rings is 3. The van der Waals surface area contributed by atoms with Crippen LogP contribution in [-0.4, -0.2) is 12.7 Å². The Kier molecular flexibility index (Phi) is 2.17. The van der Waals surface area contributed by atoms with E-state index in [4.69, 9.17) is 9.68 Å². The third-order valence-electron chi connectivity index (χ3n) is 3.69. The van der Waals surface area contributed by atoms with Gasteiger partial charge >= 0.3 is 7.69 Å². The molecule has 1 aliphatic rings. The second-order valence-electron chi connectivity index (χ2n) is 4.61. The van der Waals surface area contributed by atoms with E-state index >= 15 is 0 Å². The van der Waals surface area contributed by atoms with Gasteiger partial charge in [-0.15, -0.1) is 0 Å². The van der Waals surface area contributed by atoms with Crippen molar-refractivity contribution in [2.24, 2.45) is 0 Å². The molecule has 0 amide bonds. The minimum Gasteiger partial charge on any atom is -0.537 e. The quantitative estimate of drug-likeness (QED) is 0.548. The zero-order valence-corrected chi connectivity index (χ0v) is 10.1. The van der Waals surface area contributed by atoms with Crippen LogP contribution in [-0.2, 0) is 0 Å². The molecule has 0 aliphatic heterocycles. The normalized spacial score (nSPS) is 11.4. The van der Waals surface area contributed by atoms with Gasteiger partial charge in [-0.2, -0.15) is 0 Å². The summed E-state index contributed by atoms with van der Waals surface area (Å²) in [5, 5.41) is 11.1. The first kappa shape index (κ1) is 10.6. The highest BCUT2D eigenvalue weighted by molar-refractivity contribution is 6.20. The molecule has 2 nitrogen and oxygen atoms in total. The molecule has 0 atom stereocenters. The predicted molar refractivity (Wildman–Crippen MR) is 77.0 cm³/mol. The van der Waals surface area contributed by atoms with Gasteiger partial charge in [0.15, 0.2) is 0 Å². The summed E-state index contributed by atoms with van der Waals surface area (Å²) >= 11 is 0. The van der Waals surface area contributed by atoms with Gasteiger partial charge in [0.05, 0.1) is 0 Å². The average Bonchev–Trinajstić information content (AvgIpc) is 2.79. The van der Waals surface area contributed by atoms with Gasteiger partial charge in [-0.1, -0.05) is 48.5 Å². The van der Waals surface area contributed by atoms with Crippen molar-refractivity contribution in [1.82, 2.24) is 0 Å². The molecule has 0 bridgehead atoms. The minimum absolute atomic E-state index is 0.677. The van der Waals surface area contributed by atoms with E-state index in [1.165, 1.54) is 27.6 Å². The molecule has 0 spiro atoms. The molecule has 0 saturated carbocycles. The van der Waals surface area contributed by atoms with Crippen LogP contribution in [0.2, 0.25) is 0 Å². The van der Waals surface area contributed by atoms with Crippen LogP contribution >= 0.6 is 0 Å². The van der Waals surface area contributed by atoms with Crippen molar-refractivity contribution >= 4 is 18.5 Å². The highest BCUT2D eigenvalue weighted by atomic mass is 16.5. The molecule has 89 valence electrons. The predicted octanol–water partition coefficient (Wildman–Crippen LogP) is 3.39. The van der Waals surface area contributed by atoms with Crippen molar-refractivity contribution in [3.8, 4) is 28.0 Å². The lowest BCUT2D eigenvalue weighted by Crippen LogP contribution is -2.00. The first-order chi connectivity index (χ1) is 9.40. The van der Waals surface area contributed by atoms with Gasteiger partial charge in [0, 0.05) is 10.8 Å². The van der Waals surface area contributed by atoms with Gasteiger partial charge in [0.2, 0.25) is 0 Å². The van der Waals surface area contributed by atoms with E-state index < -0.39 is 0 Å². The summed E-state index contributed by atoms with van der Waals surface area (Å²) in [6.07, 6.45) is 0. The molecule has 1 N–H and O–H groups in total. The van der Waals surface area contributed by atoms with Crippen LogP contribution in [0.1, 0.15) is 0 Å². The van der Waals surface area contributed by atoms with Gasteiger partial charge in [-0.05, 0) is 28.3 Å². The van der Waals surface area contributed by atoms with E-state index in [1.807, 2.05) is 18.2 Å². The first-order valence-electron chi connectivity index (χ1n) is 6.18. The average molecular weight is 245 g/mol. The van der Waals surface area contributed by atoms with Crippen LogP contribution in [0.15, 0.2) is 54.6 Å². The zero-order chi connectivity index (χ0) is 12.8. The Labute approximate surface area is 111 Å². The van der Waals surface area contributed by atoms with Gasteiger partial charge in [-0.3, -0.25) is 0 Å². The smallest absolute Gasteiger partial charge is 0.537 e. The van der Waals surface area contributed by atoms with Crippen molar-refractivity contribution in [1.29, 1.82) is 0 Å². The van der Waals surface area contributed by atoms with Crippen molar-refractivity contribution < 1.29 is 9.68 Å². The Hall–Kier alpha value is -2.26. The fourth-order valence-electron chi connectivity index (χ4n) is 2.94. The van der Waals surface area contributed by atoms with Gasteiger partial charge in [-0.25, -0.2) is 0 Å². The fourth-order valence-corrected chi connectivity index (χ4v) is 2.94. The summed E-state index contributed by atoms with van der Waals surface area (Å²) in [7, 11) is 0.728. The molecule has 3 heteroatoms. The summed E-state index contributed by atoms with van der Waals surface area (Å²) in [6.45, 7) is 0. The number of hydrogen-bond donors (Lipinski definition) is 1. The van der Waals surface area contributed by atoms with Crippen LogP contribution in [0.4, 0.5) is 0 Å². The molecule has 3 aromatic carbocycles. The van der Waals surface area contributed by atoms with E-state index in [2.05, 4.69) is 36.4 Å². The Morgan fingerprint density at radius 3 is 2.16 bits per heavy atom. The molecule has 0 heterocycles. The molecule has 0 unspecified atom stereocenters. The van der Waals surface area contributed by atoms with Gasteiger partial charge in [0.25, 0.3) is 0 Å². The second kappa shape index (κ2) is 3.87. The van der Waals surface area contributed by atoms with Crippen LogP contribution < -0.4 is 4.65 Å². The molecule has 1 radical (unpaired) electrons. The van der Waals surface area contributed by atoms with Crippen LogP contribution in [0.25, 0.3) is 33.0 Å². The highest BCUT2D eigenvalue weighted by Crippen LogP contribution is 2.48. The van der Waals surface area contributed by atoms with Crippen molar-refractivity contribution in [2.45, 2.75) is 0 Å². The van der Waals surface area contributed by atoms with E-state index in [-0.39, 0.29) is 0 Å². The lowest BCUT2D eigenvalue weighted by molar-refractivity contribution is 0.457. The topological polar surface area (TPSA) is 29.5 Å². The number of hydrogen-bond acceptors (Lipinski definition) is 2. The molecule has 3 aromatic rings. The largest absolute Gasteiger partial charge is 0.569 e. The van der Waals surface area contributed by atoms with E-state index in [0.29, 0.717) is 5.75 Å². The van der Waals surface area contributed by atoms with Crippen LogP contribution in [0.3, 0.4) is 0 Å². The Morgan fingerprint density at radius 1 is 0.737 bits per heavy atom. The molecule has 4 rings (SSSR count). The molecule has 1 aliphatic carbocycles. The highest BCUT2D eigenvalue weighted by Gasteiger charge is 2.21. The lowest BCUT2D eigenvalue weighted by atomic mass is 10.0. The third-order valence-corrected chi connectivity index (χ3v) is 3.69. The Bertz CT molecular complexity index is 767. The first-order valence-corrected chi connectivity index (χ1v) is 6.18. The maximum Gasteiger partial charge on any atom is 0.569 e. The van der Waals surface area contributed by atoms with Gasteiger partial charge in [0.1, 0.15) is 5.75 Å². The molecular weight excluding hydrogens is 235 g/mol. The molecule has 19 heavy (non-hydrogen) atoms. The second-order valence-corrected chi connectivity index (χ2v) is 4.61. The van der Waals surface area contributed by atoms with Crippen molar-refractivity contribution in [3.63, 3.8) is 0 Å². The molecule has 0 saturated heterocycles. The van der Waals surface area contributed by atoms with Crippen LogP contribution in [0, 0.1) is 0 Å². The summed E-state index contributed by atoms with van der Waals surface area (Å²) in [5.41, 5.74) is 4.97. The summed E-state index contributed by atoms with van der Waals surface area (Å²) in [6, 6.07) is 18.5. The monoisotopic (exact) mass is 245 g/mol. The Balaban J connectivity index is 2.14. The fraction of sp³-hybridized carbons (Fsp3) is 0. The molecule has 0 fully saturated rings. The van der Waals surface area contributed by atoms with Crippen LogP contribution in [0.5, 0.6) is 5.75 Å². The van der Waals surface area contributed by atoms with Crippen molar-refractivity contribution in [3.05, 3.63) is 54.6 Å². The Morgan fingerprint density at radius 2 is 1.42 bits per heavy atom. The molecule has 0 aromatic heterocycles. The minimum atomic E-state index is 0.677. The van der Waals surface area contributed by atoms with E-state index in [0.717, 1.165) is 13.1 Å². The molecular formula is C16H10BO2. The summed E-state index contributed by atoms with van der Waals surface area (Å²) in [4.78, 5) is 0. The van der Waals surface area contributed by atoms with E-state index in [1.54, 1.807) is 0 Å².